The van der Waals surface area contributed by atoms with E-state index < -0.39 is 0 Å². The lowest BCUT2D eigenvalue weighted by Crippen LogP contribution is -2.39. The molecule has 2 rings (SSSR count). The van der Waals surface area contributed by atoms with Crippen LogP contribution in [0.4, 0.5) is 4.79 Å². The van der Waals surface area contributed by atoms with Gasteiger partial charge in [-0.2, -0.15) is 0 Å². The number of urea groups is 1. The molecule has 0 unspecified atom stereocenters. The maximum Gasteiger partial charge on any atom is 0.317 e. The largest absolute Gasteiger partial charge is 0.336 e. The summed E-state index contributed by atoms with van der Waals surface area (Å²) in [6.45, 7) is 6.09. The Morgan fingerprint density at radius 2 is 2.04 bits per heavy atom. The second-order valence-electron chi connectivity index (χ2n) is 5.42. The molecule has 2 aromatic rings. The number of nitrogens with one attached hydrogen (secondary N) is 1. The Labute approximate surface area is 142 Å². The van der Waals surface area contributed by atoms with Gasteiger partial charge in [0.05, 0.1) is 12.0 Å². The molecule has 5 nitrogen and oxygen atoms in total. The molecule has 2 amide bonds. The summed E-state index contributed by atoms with van der Waals surface area (Å²) in [5.41, 5.74) is 2.18. The van der Waals surface area contributed by atoms with Crippen molar-refractivity contribution in [2.75, 3.05) is 25.9 Å². The predicted octanol–water partition coefficient (Wildman–Crippen LogP) is 2.93. The van der Waals surface area contributed by atoms with E-state index in [1.807, 2.05) is 45.4 Å². The highest BCUT2D eigenvalue weighted by Crippen LogP contribution is 2.16. The van der Waals surface area contributed by atoms with Crippen molar-refractivity contribution in [3.05, 3.63) is 48.0 Å². The van der Waals surface area contributed by atoms with Gasteiger partial charge in [0, 0.05) is 43.0 Å². The van der Waals surface area contributed by atoms with Gasteiger partial charge in [0.25, 0.3) is 0 Å². The fourth-order valence-electron chi connectivity index (χ4n) is 2.11. The van der Waals surface area contributed by atoms with Gasteiger partial charge in [-0.15, -0.1) is 11.8 Å². The molecule has 23 heavy (non-hydrogen) atoms. The average molecular weight is 332 g/mol. The molecule has 0 aliphatic heterocycles. The number of nitrogens with zero attached hydrogens (tertiary/aromatic N) is 3. The number of amides is 2. The lowest BCUT2D eigenvalue weighted by atomic mass is 10.4. The zero-order valence-electron chi connectivity index (χ0n) is 14.0. The summed E-state index contributed by atoms with van der Waals surface area (Å²) in [7, 11) is 1.83. The number of aryl methyl sites for hydroxylation is 1. The second-order valence-corrected chi connectivity index (χ2v) is 6.59. The third kappa shape index (κ3) is 5.32. The molecule has 0 radical (unpaired) electrons. The summed E-state index contributed by atoms with van der Waals surface area (Å²) in [6, 6.07) is 10.2. The summed E-state index contributed by atoms with van der Waals surface area (Å²) in [5.74, 6) is 0.883. The minimum Gasteiger partial charge on any atom is -0.336 e. The van der Waals surface area contributed by atoms with Crippen LogP contribution in [0.2, 0.25) is 0 Å². The molecule has 0 fully saturated rings. The van der Waals surface area contributed by atoms with Crippen LogP contribution in [0.15, 0.2) is 41.6 Å². The van der Waals surface area contributed by atoms with E-state index in [4.69, 9.17) is 0 Å². The molecule has 0 spiro atoms. The first-order chi connectivity index (χ1) is 11.1. The van der Waals surface area contributed by atoms with E-state index in [-0.39, 0.29) is 6.03 Å². The second kappa shape index (κ2) is 8.62. The zero-order valence-corrected chi connectivity index (χ0v) is 14.8. The average Bonchev–Trinajstić information content (AvgIpc) is 2.87. The van der Waals surface area contributed by atoms with Gasteiger partial charge in [-0.05, 0) is 26.0 Å². The maximum absolute atomic E-state index is 12.0. The summed E-state index contributed by atoms with van der Waals surface area (Å²) in [6.07, 6.45) is 1.82. The zero-order chi connectivity index (χ0) is 16.7. The lowest BCUT2D eigenvalue weighted by Gasteiger charge is -2.18. The first-order valence-electron chi connectivity index (χ1n) is 7.73. The van der Waals surface area contributed by atoms with Crippen LogP contribution in [0.1, 0.15) is 11.4 Å². The van der Waals surface area contributed by atoms with Crippen molar-refractivity contribution in [2.45, 2.75) is 25.3 Å². The summed E-state index contributed by atoms with van der Waals surface area (Å²) in [4.78, 5) is 19.3. The molecule has 1 heterocycles. The lowest BCUT2D eigenvalue weighted by molar-refractivity contribution is 0.211. The summed E-state index contributed by atoms with van der Waals surface area (Å²) >= 11 is 1.76. The molecule has 1 N–H and O–H groups in total. The topological polar surface area (TPSA) is 50.2 Å². The highest BCUT2D eigenvalue weighted by Gasteiger charge is 2.08. The Balaban J connectivity index is 1.65. The van der Waals surface area contributed by atoms with Crippen LogP contribution in [0.5, 0.6) is 0 Å². The SMILES string of the molecule is Cc1ncn(CCNC(=O)N(C)CCSc2ccccc2)c1C. The number of aromatic nitrogens is 2. The number of carbonyl (C=O) groups is 1. The van der Waals surface area contributed by atoms with Gasteiger partial charge in [-0.1, -0.05) is 18.2 Å². The van der Waals surface area contributed by atoms with Crippen LogP contribution in [-0.4, -0.2) is 46.4 Å². The fraction of sp³-hybridized carbons (Fsp3) is 0.412. The smallest absolute Gasteiger partial charge is 0.317 e. The molecular weight excluding hydrogens is 308 g/mol. The number of carbonyl (C=O) groups excluding carboxylic acids is 1. The normalized spacial score (nSPS) is 10.6. The minimum absolute atomic E-state index is 0.0341. The van der Waals surface area contributed by atoms with E-state index in [0.717, 1.165) is 23.7 Å². The van der Waals surface area contributed by atoms with Gasteiger partial charge in [0.1, 0.15) is 0 Å². The Morgan fingerprint density at radius 1 is 1.30 bits per heavy atom. The molecule has 124 valence electrons. The number of benzene rings is 1. The van der Waals surface area contributed by atoms with Crippen LogP contribution in [0.25, 0.3) is 0 Å². The van der Waals surface area contributed by atoms with Crippen LogP contribution >= 0.6 is 11.8 Å². The van der Waals surface area contributed by atoms with Crippen molar-refractivity contribution in [3.8, 4) is 0 Å². The van der Waals surface area contributed by atoms with E-state index in [9.17, 15) is 4.79 Å². The molecule has 1 aromatic heterocycles. The molecule has 0 saturated heterocycles. The van der Waals surface area contributed by atoms with E-state index in [0.29, 0.717) is 13.1 Å². The number of thioether (sulfide) groups is 1. The molecule has 0 aliphatic carbocycles. The molecule has 1 aromatic carbocycles. The van der Waals surface area contributed by atoms with Crippen LogP contribution in [-0.2, 0) is 6.54 Å². The van der Waals surface area contributed by atoms with Gasteiger partial charge in [0.15, 0.2) is 0 Å². The van der Waals surface area contributed by atoms with Gasteiger partial charge in [-0.25, -0.2) is 9.78 Å². The Morgan fingerprint density at radius 3 is 2.70 bits per heavy atom. The van der Waals surface area contributed by atoms with Crippen molar-refractivity contribution >= 4 is 17.8 Å². The van der Waals surface area contributed by atoms with E-state index in [1.165, 1.54) is 4.90 Å². The number of hydrogen-bond donors (Lipinski definition) is 1. The van der Waals surface area contributed by atoms with E-state index in [2.05, 4.69) is 27.0 Å². The van der Waals surface area contributed by atoms with Gasteiger partial charge < -0.3 is 14.8 Å². The fourth-order valence-corrected chi connectivity index (χ4v) is 3.06. The number of hydrogen-bond acceptors (Lipinski definition) is 3. The Hall–Kier alpha value is -1.95. The van der Waals surface area contributed by atoms with Crippen LogP contribution in [0.3, 0.4) is 0 Å². The predicted molar refractivity (Wildman–Crippen MR) is 94.9 cm³/mol. The van der Waals surface area contributed by atoms with Crippen LogP contribution < -0.4 is 5.32 Å². The van der Waals surface area contributed by atoms with E-state index in [1.54, 1.807) is 16.7 Å². The highest BCUT2D eigenvalue weighted by molar-refractivity contribution is 7.99. The molecule has 0 atom stereocenters. The van der Waals surface area contributed by atoms with Crippen molar-refractivity contribution in [3.63, 3.8) is 0 Å². The van der Waals surface area contributed by atoms with Gasteiger partial charge in [-0.3, -0.25) is 0 Å². The van der Waals surface area contributed by atoms with Crippen molar-refractivity contribution < 1.29 is 4.79 Å². The summed E-state index contributed by atoms with van der Waals surface area (Å²) in [5, 5.41) is 2.95. The van der Waals surface area contributed by atoms with Crippen LogP contribution in [0, 0.1) is 13.8 Å². The molecular formula is C17H24N4OS. The first kappa shape index (κ1) is 17.4. The van der Waals surface area contributed by atoms with Crippen molar-refractivity contribution in [2.24, 2.45) is 0 Å². The first-order valence-corrected chi connectivity index (χ1v) is 8.71. The molecule has 6 heteroatoms. The summed E-state index contributed by atoms with van der Waals surface area (Å²) < 4.78 is 2.06. The molecule has 0 bridgehead atoms. The van der Waals surface area contributed by atoms with Crippen molar-refractivity contribution in [1.82, 2.24) is 19.8 Å². The number of imidazole rings is 1. The third-order valence-electron chi connectivity index (χ3n) is 3.76. The Kier molecular flexibility index (Phi) is 6.52. The Bertz CT molecular complexity index is 627. The molecule has 0 aliphatic rings. The van der Waals surface area contributed by atoms with Gasteiger partial charge in [0.2, 0.25) is 0 Å². The number of rotatable bonds is 7. The monoisotopic (exact) mass is 332 g/mol. The van der Waals surface area contributed by atoms with Gasteiger partial charge >= 0.3 is 6.03 Å². The standard InChI is InChI=1S/C17H24N4OS/c1-14-15(2)21(13-19-14)10-9-18-17(22)20(3)11-12-23-16-7-5-4-6-8-16/h4-8,13H,9-12H2,1-3H3,(H,18,22). The minimum atomic E-state index is -0.0341. The quantitative estimate of drug-likeness (QED) is 0.793. The third-order valence-corrected chi connectivity index (χ3v) is 4.75. The highest BCUT2D eigenvalue weighted by atomic mass is 32.2. The molecule has 0 saturated carbocycles. The maximum atomic E-state index is 12.0. The van der Waals surface area contributed by atoms with Crippen molar-refractivity contribution in [1.29, 1.82) is 0 Å². The van der Waals surface area contributed by atoms with E-state index >= 15 is 0 Å².